The van der Waals surface area contributed by atoms with Gasteiger partial charge in [-0.3, -0.25) is 14.6 Å². The zero-order chi connectivity index (χ0) is 24.1. The molecule has 8 nitrogen and oxygen atoms in total. The van der Waals surface area contributed by atoms with Gasteiger partial charge in [-0.25, -0.2) is 14.0 Å². The van der Waals surface area contributed by atoms with Crippen LogP contribution >= 0.6 is 22.9 Å². The highest BCUT2D eigenvalue weighted by atomic mass is 35.5. The molecule has 3 rings (SSSR count). The van der Waals surface area contributed by atoms with Gasteiger partial charge in [0.15, 0.2) is 0 Å². The second kappa shape index (κ2) is 11.1. The number of amides is 1. The largest absolute Gasteiger partial charge is 0.465 e. The molecular weight excluding hydrogens is 473 g/mol. The van der Waals surface area contributed by atoms with Crippen LogP contribution in [-0.2, 0) is 20.8 Å². The highest BCUT2D eigenvalue weighted by Gasteiger charge is 2.27. The monoisotopic (exact) mass is 497 g/mol. The van der Waals surface area contributed by atoms with E-state index in [0.717, 1.165) is 30.0 Å². The molecule has 0 aliphatic carbocycles. The van der Waals surface area contributed by atoms with E-state index in [1.165, 1.54) is 26.4 Å². The Bertz CT molecular complexity index is 1050. The van der Waals surface area contributed by atoms with Crippen LogP contribution < -0.4 is 5.32 Å². The first-order chi connectivity index (χ1) is 15.7. The van der Waals surface area contributed by atoms with E-state index in [1.807, 2.05) is 4.90 Å². The van der Waals surface area contributed by atoms with Gasteiger partial charge in [0.05, 0.1) is 26.3 Å². The summed E-state index contributed by atoms with van der Waals surface area (Å²) in [5.74, 6) is -1.88. The Morgan fingerprint density at radius 2 is 1.73 bits per heavy atom. The van der Waals surface area contributed by atoms with E-state index >= 15 is 0 Å². The number of benzene rings is 1. The quantitative estimate of drug-likeness (QED) is 0.588. The highest BCUT2D eigenvalue weighted by Crippen LogP contribution is 2.34. The SMILES string of the molecule is COC(=O)c1sc(NC(=O)CN2CCN(Cc3ccc(F)cc3Cl)CC2)c(C(=O)OC)c1C. The summed E-state index contributed by atoms with van der Waals surface area (Å²) in [6.45, 7) is 5.11. The average molecular weight is 498 g/mol. The molecule has 33 heavy (non-hydrogen) atoms. The molecule has 11 heteroatoms. The summed E-state index contributed by atoms with van der Waals surface area (Å²) in [7, 11) is 2.49. The molecule has 2 aromatic rings. The van der Waals surface area contributed by atoms with Gasteiger partial charge in [0, 0.05) is 37.7 Å². The first-order valence-electron chi connectivity index (χ1n) is 10.2. The Hall–Kier alpha value is -2.53. The van der Waals surface area contributed by atoms with Crippen molar-refractivity contribution in [2.45, 2.75) is 13.5 Å². The van der Waals surface area contributed by atoms with Gasteiger partial charge in [0.2, 0.25) is 5.91 Å². The number of piperazine rings is 1. The van der Waals surface area contributed by atoms with E-state index in [-0.39, 0.29) is 33.7 Å². The number of carbonyl (C=O) groups is 3. The molecule has 2 heterocycles. The number of esters is 2. The third-order valence-electron chi connectivity index (χ3n) is 5.40. The minimum absolute atomic E-state index is 0.135. The van der Waals surface area contributed by atoms with Crippen molar-refractivity contribution in [3.8, 4) is 0 Å². The number of hydrogen-bond acceptors (Lipinski definition) is 8. The Morgan fingerprint density at radius 3 is 2.33 bits per heavy atom. The second-order valence-corrected chi connectivity index (χ2v) is 9.01. The molecule has 0 saturated carbocycles. The molecule has 1 saturated heterocycles. The van der Waals surface area contributed by atoms with Crippen molar-refractivity contribution in [2.24, 2.45) is 0 Å². The van der Waals surface area contributed by atoms with Crippen LogP contribution in [0.4, 0.5) is 9.39 Å². The van der Waals surface area contributed by atoms with Gasteiger partial charge in [0.25, 0.3) is 0 Å². The van der Waals surface area contributed by atoms with Gasteiger partial charge in [-0.15, -0.1) is 11.3 Å². The molecule has 1 aliphatic heterocycles. The van der Waals surface area contributed by atoms with Crippen molar-refractivity contribution in [3.63, 3.8) is 0 Å². The number of rotatable bonds is 7. The normalized spacial score (nSPS) is 14.7. The van der Waals surface area contributed by atoms with Gasteiger partial charge >= 0.3 is 11.9 Å². The molecule has 0 atom stereocenters. The molecule has 1 aromatic heterocycles. The van der Waals surface area contributed by atoms with Crippen molar-refractivity contribution < 1.29 is 28.2 Å². The fourth-order valence-corrected chi connectivity index (χ4v) is 4.96. The smallest absolute Gasteiger partial charge is 0.348 e. The summed E-state index contributed by atoms with van der Waals surface area (Å²) in [6.07, 6.45) is 0. The summed E-state index contributed by atoms with van der Waals surface area (Å²) >= 11 is 7.10. The Balaban J connectivity index is 1.58. The first-order valence-corrected chi connectivity index (χ1v) is 11.4. The van der Waals surface area contributed by atoms with Crippen molar-refractivity contribution in [3.05, 3.63) is 50.6 Å². The number of halogens is 2. The first kappa shape index (κ1) is 25.1. The van der Waals surface area contributed by atoms with Crippen LogP contribution in [0.25, 0.3) is 0 Å². The highest BCUT2D eigenvalue weighted by molar-refractivity contribution is 7.18. The van der Waals surface area contributed by atoms with Crippen LogP contribution in [0.3, 0.4) is 0 Å². The molecule has 0 radical (unpaired) electrons. The summed E-state index contributed by atoms with van der Waals surface area (Å²) in [5.41, 5.74) is 1.41. The number of nitrogens with zero attached hydrogens (tertiary/aromatic N) is 2. The van der Waals surface area contributed by atoms with E-state index in [2.05, 4.69) is 10.2 Å². The van der Waals surface area contributed by atoms with E-state index in [0.29, 0.717) is 30.2 Å². The summed E-state index contributed by atoms with van der Waals surface area (Å²) in [5, 5.41) is 3.40. The number of ether oxygens (including phenoxy) is 2. The molecule has 1 amide bonds. The summed E-state index contributed by atoms with van der Waals surface area (Å²) in [6, 6.07) is 4.38. The van der Waals surface area contributed by atoms with Crippen LogP contribution in [0.5, 0.6) is 0 Å². The Kier molecular flexibility index (Phi) is 8.41. The topological polar surface area (TPSA) is 88.2 Å². The molecule has 1 aliphatic rings. The molecule has 0 unspecified atom stereocenters. The van der Waals surface area contributed by atoms with E-state index in [1.54, 1.807) is 13.0 Å². The zero-order valence-corrected chi connectivity index (χ0v) is 20.1. The number of nitrogens with one attached hydrogen (secondary N) is 1. The number of carbonyl (C=O) groups excluding carboxylic acids is 3. The van der Waals surface area contributed by atoms with Crippen LogP contribution in [0.15, 0.2) is 18.2 Å². The van der Waals surface area contributed by atoms with Crippen LogP contribution in [0, 0.1) is 12.7 Å². The lowest BCUT2D eigenvalue weighted by Gasteiger charge is -2.34. The lowest BCUT2D eigenvalue weighted by molar-refractivity contribution is -0.117. The maximum absolute atomic E-state index is 13.2. The maximum atomic E-state index is 13.2. The fourth-order valence-electron chi connectivity index (χ4n) is 3.60. The lowest BCUT2D eigenvalue weighted by atomic mass is 10.1. The second-order valence-electron chi connectivity index (χ2n) is 7.58. The molecule has 1 fully saturated rings. The molecule has 0 spiro atoms. The van der Waals surface area contributed by atoms with Gasteiger partial charge in [-0.1, -0.05) is 17.7 Å². The fraction of sp³-hybridized carbons (Fsp3) is 0.409. The lowest BCUT2D eigenvalue weighted by Crippen LogP contribution is -2.48. The Labute approximate surface area is 200 Å². The van der Waals surface area contributed by atoms with Gasteiger partial charge in [-0.2, -0.15) is 0 Å². The predicted octanol–water partition coefficient (Wildman–Crippen LogP) is 3.18. The predicted molar refractivity (Wildman–Crippen MR) is 123 cm³/mol. The van der Waals surface area contributed by atoms with Crippen LogP contribution in [-0.4, -0.2) is 74.6 Å². The third-order valence-corrected chi connectivity index (χ3v) is 6.94. The molecular formula is C22H25ClFN3O5S. The minimum Gasteiger partial charge on any atom is -0.465 e. The van der Waals surface area contributed by atoms with E-state index < -0.39 is 11.9 Å². The molecule has 1 N–H and O–H groups in total. The minimum atomic E-state index is -0.637. The van der Waals surface area contributed by atoms with Crippen molar-refractivity contribution in [1.29, 1.82) is 0 Å². The average Bonchev–Trinajstić information content (AvgIpc) is 3.11. The van der Waals surface area contributed by atoms with Crippen molar-refractivity contribution in [1.82, 2.24) is 9.80 Å². The van der Waals surface area contributed by atoms with Crippen LogP contribution in [0.2, 0.25) is 5.02 Å². The molecule has 0 bridgehead atoms. The summed E-state index contributed by atoms with van der Waals surface area (Å²) < 4.78 is 22.8. The maximum Gasteiger partial charge on any atom is 0.348 e. The number of methoxy groups -OCH3 is 2. The van der Waals surface area contributed by atoms with Crippen molar-refractivity contribution in [2.75, 3.05) is 52.3 Å². The standard InChI is InChI=1S/C22H25ClFN3O5S/c1-13-18(21(29)31-2)20(33-19(13)22(30)32-3)25-17(28)12-27-8-6-26(7-9-27)11-14-4-5-15(24)10-16(14)23/h4-5,10H,6-9,11-12H2,1-3H3,(H,25,28). The van der Waals surface area contributed by atoms with Crippen molar-refractivity contribution >= 4 is 45.8 Å². The van der Waals surface area contributed by atoms with E-state index in [4.69, 9.17) is 21.1 Å². The Morgan fingerprint density at radius 1 is 1.09 bits per heavy atom. The molecule has 178 valence electrons. The number of anilines is 1. The van der Waals surface area contributed by atoms with Gasteiger partial charge in [0.1, 0.15) is 15.7 Å². The number of thiophene rings is 1. The van der Waals surface area contributed by atoms with Gasteiger partial charge < -0.3 is 14.8 Å². The zero-order valence-electron chi connectivity index (χ0n) is 18.6. The third kappa shape index (κ3) is 6.08. The number of hydrogen-bond donors (Lipinski definition) is 1. The molecule has 1 aromatic carbocycles. The summed E-state index contributed by atoms with van der Waals surface area (Å²) in [4.78, 5) is 41.3. The van der Waals surface area contributed by atoms with Gasteiger partial charge in [-0.05, 0) is 30.2 Å². The van der Waals surface area contributed by atoms with E-state index in [9.17, 15) is 18.8 Å². The van der Waals surface area contributed by atoms with Crippen LogP contribution in [0.1, 0.15) is 31.2 Å².